The van der Waals surface area contributed by atoms with E-state index in [0.29, 0.717) is 6.42 Å². The number of alkyl halides is 6. The van der Waals surface area contributed by atoms with Gasteiger partial charge in [-0.1, -0.05) is 13.8 Å². The Morgan fingerprint density at radius 3 is 1.82 bits per heavy atom. The molecular weight excluding hydrogens is 474 g/mol. The highest BCUT2D eigenvalue weighted by Gasteiger charge is 2.79. The molecule has 0 aromatic heterocycles. The molecule has 34 heavy (non-hydrogen) atoms. The highest BCUT2D eigenvalue weighted by atomic mass is 19.3. The molecular formula is C22H28F6O6. The number of hydrogen-bond acceptors (Lipinski definition) is 6. The molecule has 194 valence electrons. The Bertz CT molecular complexity index is 778. The maximum absolute atomic E-state index is 14.3. The molecule has 4 bridgehead atoms. The third-order valence-electron chi connectivity index (χ3n) is 7.28. The van der Waals surface area contributed by atoms with Gasteiger partial charge in [0.05, 0.1) is 11.3 Å². The Balaban J connectivity index is 1.61. The molecule has 4 aliphatic rings. The Labute approximate surface area is 192 Å². The Morgan fingerprint density at radius 1 is 0.882 bits per heavy atom. The van der Waals surface area contributed by atoms with Gasteiger partial charge in [0.1, 0.15) is 13.2 Å². The molecule has 0 spiro atoms. The molecule has 4 fully saturated rings. The van der Waals surface area contributed by atoms with Gasteiger partial charge in [-0.15, -0.1) is 0 Å². The van der Waals surface area contributed by atoms with Crippen LogP contribution in [0.1, 0.15) is 58.8 Å². The minimum atomic E-state index is -6.37. The number of rotatable bonds is 10. The predicted octanol–water partition coefficient (Wildman–Crippen LogP) is 4.74. The maximum Gasteiger partial charge on any atom is 0.473 e. The summed E-state index contributed by atoms with van der Waals surface area (Å²) in [6.07, 6.45) is -2.55. The molecule has 0 saturated heterocycles. The average molecular weight is 502 g/mol. The van der Waals surface area contributed by atoms with Crippen LogP contribution in [0.5, 0.6) is 0 Å². The molecule has 0 aliphatic heterocycles. The van der Waals surface area contributed by atoms with Crippen LogP contribution in [0, 0.1) is 29.1 Å². The molecule has 0 radical (unpaired) electrons. The van der Waals surface area contributed by atoms with E-state index >= 15 is 0 Å². The summed E-state index contributed by atoms with van der Waals surface area (Å²) in [7, 11) is 0. The number of hydrogen-bond donors (Lipinski definition) is 0. The molecule has 6 nitrogen and oxygen atoms in total. The van der Waals surface area contributed by atoms with Crippen LogP contribution >= 0.6 is 0 Å². The summed E-state index contributed by atoms with van der Waals surface area (Å²) in [5.41, 5.74) is -1.40. The van der Waals surface area contributed by atoms with Crippen LogP contribution in [0.3, 0.4) is 0 Å². The molecule has 4 saturated carbocycles. The summed E-state index contributed by atoms with van der Waals surface area (Å²) in [5.74, 6) is -18.0. The summed E-state index contributed by atoms with van der Waals surface area (Å²) in [6.45, 7) is 1.40. The molecule has 0 N–H and O–H groups in total. The summed E-state index contributed by atoms with van der Waals surface area (Å²) in [6, 6.07) is 0. The van der Waals surface area contributed by atoms with Crippen molar-refractivity contribution in [3.05, 3.63) is 0 Å². The first kappa shape index (κ1) is 26.6. The van der Waals surface area contributed by atoms with Crippen LogP contribution in [0.4, 0.5) is 26.3 Å². The van der Waals surface area contributed by atoms with E-state index in [1.165, 1.54) is 6.92 Å². The van der Waals surface area contributed by atoms with Gasteiger partial charge in [0.2, 0.25) is 0 Å². The fraction of sp³-hybridized carbons (Fsp3) is 0.864. The SMILES string of the molecule is CCC(C)C(=O)OCCOC(=O)C(F)(F)C(F)(F)C(F)(F)OC(=O)C12CC3CC(CC(C3)C1)C2. The first-order valence-corrected chi connectivity index (χ1v) is 11.4. The largest absolute Gasteiger partial charge is 0.473 e. The standard InChI is InChI=1S/C22H28F6O6/c1-3-12(2)16(29)32-4-5-33-18(31)20(23,24)21(25,26)22(27,28)34-17(30)19-9-13-6-14(10-19)8-15(7-13)11-19/h12-15H,3-11H2,1-2H3. The Morgan fingerprint density at radius 2 is 1.35 bits per heavy atom. The van der Waals surface area contributed by atoms with Gasteiger partial charge in [0, 0.05) is 0 Å². The number of carbonyl (C=O) groups excluding carboxylic acids is 3. The van der Waals surface area contributed by atoms with Crippen molar-refractivity contribution < 1.29 is 54.9 Å². The summed E-state index contributed by atoms with van der Waals surface area (Å²) < 4.78 is 97.3. The van der Waals surface area contributed by atoms with Crippen LogP contribution < -0.4 is 0 Å². The Hall–Kier alpha value is -2.01. The topological polar surface area (TPSA) is 78.9 Å². The molecule has 1 unspecified atom stereocenters. The highest BCUT2D eigenvalue weighted by Crippen LogP contribution is 2.61. The van der Waals surface area contributed by atoms with Gasteiger partial charge >= 0.3 is 35.9 Å². The fourth-order valence-corrected chi connectivity index (χ4v) is 5.64. The van der Waals surface area contributed by atoms with E-state index in [9.17, 15) is 40.7 Å². The van der Waals surface area contributed by atoms with Crippen LogP contribution in [0.15, 0.2) is 0 Å². The highest BCUT2D eigenvalue weighted by molar-refractivity contribution is 5.80. The van der Waals surface area contributed by atoms with E-state index < -0.39 is 60.4 Å². The van der Waals surface area contributed by atoms with E-state index in [4.69, 9.17) is 0 Å². The fourth-order valence-electron chi connectivity index (χ4n) is 5.64. The zero-order valence-electron chi connectivity index (χ0n) is 18.9. The third-order valence-corrected chi connectivity index (χ3v) is 7.28. The first-order valence-electron chi connectivity index (χ1n) is 11.4. The summed E-state index contributed by atoms with van der Waals surface area (Å²) in [5, 5.41) is 0. The minimum absolute atomic E-state index is 0.0822. The van der Waals surface area contributed by atoms with Crippen LogP contribution in [-0.4, -0.2) is 49.1 Å². The van der Waals surface area contributed by atoms with E-state index in [-0.39, 0.29) is 37.0 Å². The van der Waals surface area contributed by atoms with Gasteiger partial charge in [-0.05, 0) is 62.7 Å². The van der Waals surface area contributed by atoms with E-state index in [1.54, 1.807) is 6.92 Å². The Kier molecular flexibility index (Phi) is 7.21. The summed E-state index contributed by atoms with van der Waals surface area (Å²) >= 11 is 0. The molecule has 1 atom stereocenters. The lowest BCUT2D eigenvalue weighted by molar-refractivity contribution is -0.382. The quantitative estimate of drug-likeness (QED) is 0.186. The van der Waals surface area contributed by atoms with E-state index in [0.717, 1.165) is 19.3 Å². The van der Waals surface area contributed by atoms with Crippen molar-refractivity contribution in [2.75, 3.05) is 13.2 Å². The van der Waals surface area contributed by atoms with Gasteiger partial charge in [-0.3, -0.25) is 9.59 Å². The van der Waals surface area contributed by atoms with Crippen LogP contribution in [0.2, 0.25) is 0 Å². The molecule has 12 heteroatoms. The van der Waals surface area contributed by atoms with Crippen molar-refractivity contribution in [3.8, 4) is 0 Å². The smallest absolute Gasteiger partial charge is 0.462 e. The lowest BCUT2D eigenvalue weighted by Gasteiger charge is -2.55. The summed E-state index contributed by atoms with van der Waals surface area (Å²) in [4.78, 5) is 35.6. The normalized spacial score (nSPS) is 29.5. The number of carbonyl (C=O) groups is 3. The zero-order chi connectivity index (χ0) is 25.5. The number of esters is 3. The van der Waals surface area contributed by atoms with Gasteiger partial charge in [0.25, 0.3) is 0 Å². The van der Waals surface area contributed by atoms with Gasteiger partial charge in [-0.2, -0.15) is 26.3 Å². The van der Waals surface area contributed by atoms with E-state index in [2.05, 4.69) is 14.2 Å². The van der Waals surface area contributed by atoms with Crippen molar-refractivity contribution >= 4 is 17.9 Å². The first-order chi connectivity index (χ1) is 15.6. The minimum Gasteiger partial charge on any atom is -0.462 e. The van der Waals surface area contributed by atoms with Crippen molar-refractivity contribution in [2.24, 2.45) is 29.1 Å². The lowest BCUT2D eigenvalue weighted by Crippen LogP contribution is -2.61. The van der Waals surface area contributed by atoms with E-state index in [1.807, 2.05) is 0 Å². The molecule has 0 aromatic carbocycles. The van der Waals surface area contributed by atoms with Crippen LogP contribution in [0.25, 0.3) is 0 Å². The second kappa shape index (κ2) is 9.22. The molecule has 0 aromatic rings. The maximum atomic E-state index is 14.3. The number of ether oxygens (including phenoxy) is 3. The molecule has 0 heterocycles. The molecule has 0 amide bonds. The third kappa shape index (κ3) is 4.73. The van der Waals surface area contributed by atoms with Crippen molar-refractivity contribution in [1.29, 1.82) is 0 Å². The molecule has 4 aliphatic carbocycles. The van der Waals surface area contributed by atoms with Crippen LogP contribution in [-0.2, 0) is 28.6 Å². The predicted molar refractivity (Wildman–Crippen MR) is 103 cm³/mol. The monoisotopic (exact) mass is 502 g/mol. The van der Waals surface area contributed by atoms with Crippen molar-refractivity contribution in [1.82, 2.24) is 0 Å². The number of halogens is 6. The average Bonchev–Trinajstić information content (AvgIpc) is 2.74. The van der Waals surface area contributed by atoms with Gasteiger partial charge < -0.3 is 14.2 Å². The van der Waals surface area contributed by atoms with Crippen molar-refractivity contribution in [3.63, 3.8) is 0 Å². The molecule has 4 rings (SSSR count). The second-order valence-corrected chi connectivity index (χ2v) is 9.87. The zero-order valence-corrected chi connectivity index (χ0v) is 18.9. The van der Waals surface area contributed by atoms with Crippen molar-refractivity contribution in [2.45, 2.75) is 76.7 Å². The second-order valence-electron chi connectivity index (χ2n) is 9.87. The van der Waals surface area contributed by atoms with Gasteiger partial charge in [-0.25, -0.2) is 4.79 Å². The lowest BCUT2D eigenvalue weighted by atomic mass is 9.49. The van der Waals surface area contributed by atoms with Gasteiger partial charge in [0.15, 0.2) is 0 Å².